The third-order valence-corrected chi connectivity index (χ3v) is 4.88. The smallest absolute Gasteiger partial charge is 0.434 e. The minimum absolute atomic E-state index is 0.0650. The molecule has 10 heteroatoms. The molecule has 0 saturated carbocycles. The predicted molar refractivity (Wildman–Crippen MR) is 106 cm³/mol. The highest BCUT2D eigenvalue weighted by Crippen LogP contribution is 2.34. The van der Waals surface area contributed by atoms with Crippen LogP contribution in [0, 0.1) is 11.6 Å². The van der Waals surface area contributed by atoms with Crippen LogP contribution in [0.1, 0.15) is 11.3 Å². The zero-order valence-electron chi connectivity index (χ0n) is 16.2. The lowest BCUT2D eigenvalue weighted by molar-refractivity contribution is -0.139. The van der Waals surface area contributed by atoms with E-state index in [4.69, 9.17) is 0 Å². The molecule has 5 nitrogen and oxygen atoms in total. The fraction of sp³-hybridized carbons (Fsp3) is 0.136. The van der Waals surface area contributed by atoms with Gasteiger partial charge in [0.25, 0.3) is 5.56 Å². The standard InChI is InChI=1S/C22H14F5N3O2/c23-13-4-1-3-12(11-13)8-10-30-20(14-5-2-6-15(24)18(14)31)29-16-7-9-28-19(22(25,26)27)17(16)21(30)32/h1-7,9,11,31H,8,10H2. The molecule has 2 aromatic carbocycles. The zero-order chi connectivity index (χ0) is 23.0. The predicted octanol–water partition coefficient (Wildman–Crippen LogP) is 4.70. The van der Waals surface area contributed by atoms with Crippen molar-refractivity contribution < 1.29 is 27.1 Å². The first-order valence-electron chi connectivity index (χ1n) is 9.36. The summed E-state index contributed by atoms with van der Waals surface area (Å²) in [7, 11) is 0. The van der Waals surface area contributed by atoms with Crippen molar-refractivity contribution in [3.05, 3.63) is 88.0 Å². The molecule has 2 aromatic heterocycles. The number of nitrogens with zero attached hydrogens (tertiary/aromatic N) is 3. The Morgan fingerprint density at radius 3 is 2.50 bits per heavy atom. The van der Waals surface area contributed by atoms with E-state index in [1.807, 2.05) is 0 Å². The van der Waals surface area contributed by atoms with E-state index in [0.717, 1.165) is 22.9 Å². The van der Waals surface area contributed by atoms with Gasteiger partial charge in [-0.2, -0.15) is 13.2 Å². The topological polar surface area (TPSA) is 68.0 Å². The van der Waals surface area contributed by atoms with Gasteiger partial charge in [-0.05, 0) is 42.3 Å². The van der Waals surface area contributed by atoms with Crippen LogP contribution in [0.15, 0.2) is 59.5 Å². The number of benzene rings is 2. The molecular formula is C22H14F5N3O2. The highest BCUT2D eigenvalue weighted by molar-refractivity contribution is 5.82. The van der Waals surface area contributed by atoms with Crippen molar-refractivity contribution in [2.75, 3.05) is 0 Å². The number of phenolic OH excluding ortho intramolecular Hbond substituents is 1. The Morgan fingerprint density at radius 2 is 1.78 bits per heavy atom. The first-order chi connectivity index (χ1) is 15.2. The summed E-state index contributed by atoms with van der Waals surface area (Å²) in [6.07, 6.45) is -3.98. The van der Waals surface area contributed by atoms with E-state index in [2.05, 4.69) is 9.97 Å². The Morgan fingerprint density at radius 1 is 1.03 bits per heavy atom. The van der Waals surface area contributed by atoms with E-state index in [0.29, 0.717) is 5.56 Å². The van der Waals surface area contributed by atoms with Gasteiger partial charge in [-0.3, -0.25) is 14.3 Å². The maximum atomic E-state index is 14.0. The zero-order valence-corrected chi connectivity index (χ0v) is 16.2. The van der Waals surface area contributed by atoms with Crippen LogP contribution in [0.5, 0.6) is 5.75 Å². The van der Waals surface area contributed by atoms with Crippen molar-refractivity contribution in [3.8, 4) is 17.1 Å². The van der Waals surface area contributed by atoms with Crippen LogP contribution in [-0.2, 0) is 19.1 Å². The highest BCUT2D eigenvalue weighted by Gasteiger charge is 2.36. The summed E-state index contributed by atoms with van der Waals surface area (Å²) in [6, 6.07) is 10.2. The summed E-state index contributed by atoms with van der Waals surface area (Å²) in [5.74, 6) is -2.53. The summed E-state index contributed by atoms with van der Waals surface area (Å²) in [5, 5.41) is 9.42. The molecular weight excluding hydrogens is 433 g/mol. The average molecular weight is 447 g/mol. The van der Waals surface area contributed by atoms with Crippen molar-refractivity contribution in [2.45, 2.75) is 19.1 Å². The summed E-state index contributed by atoms with van der Waals surface area (Å²) in [4.78, 5) is 20.6. The summed E-state index contributed by atoms with van der Waals surface area (Å²) < 4.78 is 68.9. The van der Waals surface area contributed by atoms with Crippen LogP contribution >= 0.6 is 0 Å². The third kappa shape index (κ3) is 3.91. The Labute approximate surface area is 177 Å². The molecule has 0 bridgehead atoms. The Hall–Kier alpha value is -3.82. The summed E-state index contributed by atoms with van der Waals surface area (Å²) in [5.41, 5.74) is -2.47. The van der Waals surface area contributed by atoms with Gasteiger partial charge in [0.15, 0.2) is 17.3 Å². The van der Waals surface area contributed by atoms with Crippen LogP contribution in [-0.4, -0.2) is 19.6 Å². The van der Waals surface area contributed by atoms with Gasteiger partial charge in [0.1, 0.15) is 11.6 Å². The molecule has 0 aliphatic rings. The van der Waals surface area contributed by atoms with Gasteiger partial charge < -0.3 is 5.11 Å². The second-order valence-electron chi connectivity index (χ2n) is 6.96. The van der Waals surface area contributed by atoms with E-state index >= 15 is 0 Å². The Balaban J connectivity index is 1.98. The summed E-state index contributed by atoms with van der Waals surface area (Å²) >= 11 is 0. The van der Waals surface area contributed by atoms with E-state index in [1.165, 1.54) is 30.3 Å². The molecule has 0 fully saturated rings. The van der Waals surface area contributed by atoms with Crippen molar-refractivity contribution in [3.63, 3.8) is 0 Å². The number of para-hydroxylation sites is 1. The lowest BCUT2D eigenvalue weighted by atomic mass is 10.1. The van der Waals surface area contributed by atoms with Gasteiger partial charge >= 0.3 is 6.18 Å². The first-order valence-corrected chi connectivity index (χ1v) is 9.36. The second-order valence-corrected chi connectivity index (χ2v) is 6.96. The largest absolute Gasteiger partial charge is 0.504 e. The molecule has 0 saturated heterocycles. The minimum Gasteiger partial charge on any atom is -0.504 e. The van der Waals surface area contributed by atoms with Crippen molar-refractivity contribution in [1.82, 2.24) is 14.5 Å². The van der Waals surface area contributed by atoms with Crippen molar-refractivity contribution >= 4 is 10.9 Å². The van der Waals surface area contributed by atoms with Crippen LogP contribution in [0.2, 0.25) is 0 Å². The number of halogens is 5. The van der Waals surface area contributed by atoms with Crippen molar-refractivity contribution in [2.24, 2.45) is 0 Å². The molecule has 1 N–H and O–H groups in total. The van der Waals surface area contributed by atoms with Gasteiger partial charge in [0.05, 0.1) is 16.5 Å². The number of hydrogen-bond acceptors (Lipinski definition) is 4. The molecule has 2 heterocycles. The fourth-order valence-corrected chi connectivity index (χ4v) is 3.42. The molecule has 0 atom stereocenters. The fourth-order valence-electron chi connectivity index (χ4n) is 3.42. The molecule has 164 valence electrons. The maximum absolute atomic E-state index is 14.0. The highest BCUT2D eigenvalue weighted by atomic mass is 19.4. The molecule has 0 spiro atoms. The molecule has 0 unspecified atom stereocenters. The molecule has 4 aromatic rings. The number of alkyl halides is 3. The monoisotopic (exact) mass is 447 g/mol. The molecule has 4 rings (SSSR count). The normalized spacial score (nSPS) is 11.8. The number of fused-ring (bicyclic) bond motifs is 1. The maximum Gasteiger partial charge on any atom is 0.434 e. The first kappa shape index (κ1) is 21.4. The number of phenols is 1. The summed E-state index contributed by atoms with van der Waals surface area (Å²) in [6.45, 7) is -0.206. The number of aromatic hydroxyl groups is 1. The lowest BCUT2D eigenvalue weighted by Gasteiger charge is -2.16. The Bertz CT molecular complexity index is 1380. The number of hydrogen-bond donors (Lipinski definition) is 1. The van der Waals surface area contributed by atoms with Crippen LogP contribution in [0.4, 0.5) is 22.0 Å². The van der Waals surface area contributed by atoms with Crippen LogP contribution in [0.3, 0.4) is 0 Å². The SMILES string of the molecule is O=c1c2c(C(F)(F)F)nccc2nc(-c2cccc(F)c2O)n1CCc1cccc(F)c1. The van der Waals surface area contributed by atoms with E-state index in [-0.39, 0.29) is 29.9 Å². The van der Waals surface area contributed by atoms with Gasteiger partial charge in [0, 0.05) is 12.7 Å². The van der Waals surface area contributed by atoms with E-state index in [1.54, 1.807) is 6.07 Å². The van der Waals surface area contributed by atoms with Crippen LogP contribution < -0.4 is 5.56 Å². The number of aromatic nitrogens is 3. The minimum atomic E-state index is -4.91. The van der Waals surface area contributed by atoms with E-state index < -0.39 is 40.2 Å². The number of rotatable bonds is 4. The molecule has 0 amide bonds. The quantitative estimate of drug-likeness (QED) is 0.461. The molecule has 0 radical (unpaired) electrons. The van der Waals surface area contributed by atoms with Gasteiger partial charge in [-0.25, -0.2) is 13.8 Å². The lowest BCUT2D eigenvalue weighted by Crippen LogP contribution is -2.27. The molecule has 0 aliphatic carbocycles. The number of pyridine rings is 1. The van der Waals surface area contributed by atoms with Gasteiger partial charge in [-0.15, -0.1) is 0 Å². The average Bonchev–Trinajstić information content (AvgIpc) is 2.74. The van der Waals surface area contributed by atoms with Crippen molar-refractivity contribution in [1.29, 1.82) is 0 Å². The van der Waals surface area contributed by atoms with E-state index in [9.17, 15) is 31.9 Å². The Kier molecular flexibility index (Phi) is 5.37. The number of aryl methyl sites for hydroxylation is 1. The third-order valence-electron chi connectivity index (χ3n) is 4.88. The van der Waals surface area contributed by atoms with Gasteiger partial charge in [0.2, 0.25) is 0 Å². The molecule has 0 aliphatic heterocycles. The second kappa shape index (κ2) is 8.03. The van der Waals surface area contributed by atoms with Crippen LogP contribution in [0.25, 0.3) is 22.3 Å². The molecule has 32 heavy (non-hydrogen) atoms. The van der Waals surface area contributed by atoms with Gasteiger partial charge in [-0.1, -0.05) is 18.2 Å².